The standard InChI is InChI=1S/C68H52N12.4CH4O3S.2ClH.Sn/c1-5-17-45-37-77(33-29-41(45)13-1)53-25-9-21-49-57(53)65-69-61(49)74-66-59-51(23-11-27-55(59)79-35-31-43-15-3-7-19-47(43)39-79)63(71-66)76-68-60-52(24-12-28-56(60)80-36-32-44-16-4-8-20-48(44)40-80)64(72-68)75-67-58-50(62(70-67)73-65)22-10-26-54(58)78-34-30-42-14-2-6-18-46(42)38-78;2*1-5(2,3)4;2*1-5-4-3-2;;;/h1-28H,29-40H2;2*1H3,(H,2,3,4);2*2H,1H3;2*1H;/q-2;;;;;;;+4/p-2. The van der Waals surface area contributed by atoms with Gasteiger partial charge in [0.05, 0.1) is 12.5 Å². The van der Waals surface area contributed by atoms with Crippen LogP contribution < -0.4 is 30.6 Å². The summed E-state index contributed by atoms with van der Waals surface area (Å²) >= 11 is -3.67. The van der Waals surface area contributed by atoms with Gasteiger partial charge < -0.3 is 0 Å². The molecule has 2 aromatic heterocycles. The van der Waals surface area contributed by atoms with Crippen LogP contribution in [0.4, 0.5) is 34.4 Å². The third-order valence-electron chi connectivity index (χ3n) is 18.8. The average Bonchev–Trinajstić information content (AvgIpc) is 1.53. The number of hydrogen-bond acceptors (Lipinski definition) is 22. The molecule has 6 bridgehead atoms. The number of rotatable bonds is 8. The summed E-state index contributed by atoms with van der Waals surface area (Å²) in [6, 6.07) is 61.4. The molecule has 8 aromatic carbocycles. The van der Waals surface area contributed by atoms with Crippen LogP contribution in [0.1, 0.15) is 66.8 Å². The molecule has 0 saturated heterocycles. The first-order valence-corrected chi connectivity index (χ1v) is 48.4. The van der Waals surface area contributed by atoms with Gasteiger partial charge in [0, 0.05) is 36.6 Å². The van der Waals surface area contributed by atoms with Crippen LogP contribution in [0.15, 0.2) is 200 Å². The number of aliphatic imine (C=N–C) groups is 4. The van der Waals surface area contributed by atoms with E-state index in [9.17, 15) is 16.8 Å². The maximum absolute atomic E-state index is 9.19. The predicted octanol–water partition coefficient (Wildman–Crippen LogP) is 12.5. The number of hydrogen-bond donors (Lipinski definition) is 4. The Morgan fingerprint density at radius 2 is 0.738 bits per heavy atom. The first-order chi connectivity index (χ1) is 49.7. The normalized spacial score (nSPS) is 16.2. The molecule has 0 unspecified atom stereocenters. The van der Waals surface area contributed by atoms with Gasteiger partial charge in [-0.1, -0.05) is 10.1 Å². The minimum atomic E-state index is -5.53. The fraction of sp³-hybridized carbons (Fsp3) is 0.222. The van der Waals surface area contributed by atoms with Crippen molar-refractivity contribution in [1.82, 2.24) is 5.58 Å². The minimum absolute atomic E-state index is 0.556. The van der Waals surface area contributed by atoms with Crippen molar-refractivity contribution in [2.24, 2.45) is 30.0 Å². The van der Waals surface area contributed by atoms with Gasteiger partial charge in [0.25, 0.3) is 20.2 Å². The number of halogens is 2. The molecule has 8 aliphatic rings. The number of benzene rings is 8. The molecule has 8 aliphatic heterocycles. The van der Waals surface area contributed by atoms with Crippen LogP contribution in [0.25, 0.3) is 21.5 Å². The van der Waals surface area contributed by atoms with Crippen molar-refractivity contribution in [3.05, 3.63) is 248 Å². The van der Waals surface area contributed by atoms with Gasteiger partial charge in [-0.25, -0.2) is 10.5 Å². The van der Waals surface area contributed by atoms with E-state index < -0.39 is 36.9 Å². The zero-order chi connectivity index (χ0) is 71.9. The monoisotopic (exact) mass is 1610 g/mol. The van der Waals surface area contributed by atoms with Crippen LogP contribution in [0.2, 0.25) is 0 Å². The Balaban J connectivity index is 0.000000399. The second-order valence-electron chi connectivity index (χ2n) is 25.1. The number of aromatic nitrogens is 2. The van der Waals surface area contributed by atoms with Crippen molar-refractivity contribution in [3.63, 3.8) is 0 Å². The third-order valence-corrected chi connectivity index (χ3v) is 29.2. The van der Waals surface area contributed by atoms with Crippen LogP contribution in [-0.2, 0) is 90.8 Å². The first-order valence-electron chi connectivity index (χ1n) is 32.6. The Hall–Kier alpha value is -8.02. The van der Waals surface area contributed by atoms with E-state index in [1.54, 1.807) is 12.5 Å². The summed E-state index contributed by atoms with van der Waals surface area (Å²) < 4.78 is 63.6. The van der Waals surface area contributed by atoms with E-state index in [0.29, 0.717) is 58.5 Å². The van der Waals surface area contributed by atoms with E-state index in [0.717, 1.165) is 169 Å². The van der Waals surface area contributed by atoms with Crippen molar-refractivity contribution in [3.8, 4) is 0 Å². The molecule has 0 saturated carbocycles. The van der Waals surface area contributed by atoms with Gasteiger partial charge in [0.15, 0.2) is 0 Å². The summed E-state index contributed by atoms with van der Waals surface area (Å²) in [5.74, 6) is 3.47. The van der Waals surface area contributed by atoms with Crippen LogP contribution >= 0.6 is 41.9 Å². The molecule has 0 fully saturated rings. The molecule has 0 spiro atoms. The Bertz CT molecular complexity index is 5470. The molecule has 103 heavy (non-hydrogen) atoms. The summed E-state index contributed by atoms with van der Waals surface area (Å²) in [6.07, 6.45) is 8.33. The molecule has 0 atom stereocenters. The van der Waals surface area contributed by atoms with Gasteiger partial charge in [0.1, 0.15) is 0 Å². The van der Waals surface area contributed by atoms with Gasteiger partial charge in [-0.15, -0.1) is 8.67 Å². The first kappa shape index (κ1) is 71.9. The number of anilines is 4. The van der Waals surface area contributed by atoms with Crippen LogP contribution in [0.5, 0.6) is 0 Å². The van der Waals surface area contributed by atoms with E-state index in [4.69, 9.17) is 67.4 Å². The van der Waals surface area contributed by atoms with E-state index >= 15 is 0 Å². The van der Waals surface area contributed by atoms with Crippen molar-refractivity contribution in [2.45, 2.75) is 51.9 Å². The maximum atomic E-state index is 9.19. The second-order valence-corrected chi connectivity index (χ2v) is 42.8. The summed E-state index contributed by atoms with van der Waals surface area (Å²) in [5.41, 5.74) is 19.9. The van der Waals surface area contributed by atoms with Crippen molar-refractivity contribution >= 4 is 158 Å². The summed E-state index contributed by atoms with van der Waals surface area (Å²) in [6.45, 7) is 6.29. The van der Waals surface area contributed by atoms with E-state index in [-0.39, 0.29) is 0 Å². The zero-order valence-electron chi connectivity index (χ0n) is 56.0. The van der Waals surface area contributed by atoms with Gasteiger partial charge in [-0.05, 0) is 0 Å². The molecule has 530 valence electrons. The third kappa shape index (κ3) is 14.8. The van der Waals surface area contributed by atoms with E-state index in [1.165, 1.54) is 44.5 Å². The topological polar surface area (TPSA) is 283 Å². The molecule has 18 rings (SSSR count). The molecule has 24 nitrogen and oxygen atoms in total. The van der Waals surface area contributed by atoms with Crippen LogP contribution in [0.3, 0.4) is 0 Å². The molecule has 0 amide bonds. The Labute approximate surface area is 614 Å². The Morgan fingerprint density at radius 1 is 0.398 bits per heavy atom. The Kier molecular flexibility index (Phi) is 21.1. The van der Waals surface area contributed by atoms with E-state index in [2.05, 4.69) is 214 Å². The van der Waals surface area contributed by atoms with Crippen LogP contribution in [0, 0.1) is 0 Å². The fourth-order valence-electron chi connectivity index (χ4n) is 14.6. The summed E-state index contributed by atoms with van der Waals surface area (Å²) in [7, 11) is 10.3. The molecular weight excluding hydrogens is 1540 g/mol. The molecule has 10 heterocycles. The number of amidine groups is 4. The van der Waals surface area contributed by atoms with Crippen molar-refractivity contribution in [1.29, 1.82) is 0 Å². The predicted molar refractivity (Wildman–Crippen MR) is 409 cm³/mol. The number of nitrogens with zero attached hydrogens (tertiary/aromatic N) is 12. The fourth-order valence-corrected chi connectivity index (χ4v) is 24.4. The van der Waals surface area contributed by atoms with Gasteiger partial charge >= 0.3 is 495 Å². The molecular formula is C72H68Cl2N12O12S4Sn. The van der Waals surface area contributed by atoms with Crippen LogP contribution in [-0.4, -0.2) is 133 Å². The molecule has 4 N–H and O–H groups in total. The summed E-state index contributed by atoms with van der Waals surface area (Å²) in [4.78, 5) is 44.7. The molecule has 31 heteroatoms. The second kappa shape index (κ2) is 30.2. The number of fused-ring (bicyclic) bond motifs is 18. The molecule has 0 radical (unpaired) electrons. The molecule has 10 aromatic rings. The zero-order valence-corrected chi connectivity index (χ0v) is 63.6. The van der Waals surface area contributed by atoms with Crippen molar-refractivity contribution < 1.29 is 55.2 Å². The van der Waals surface area contributed by atoms with Crippen molar-refractivity contribution in [2.75, 3.05) is 70.8 Å². The van der Waals surface area contributed by atoms with Gasteiger partial charge in [0.2, 0.25) is 0 Å². The van der Waals surface area contributed by atoms with E-state index in [1.807, 2.05) is 0 Å². The quantitative estimate of drug-likeness (QED) is 0.0361. The Morgan fingerprint density at radius 3 is 1.16 bits per heavy atom. The van der Waals surface area contributed by atoms with Gasteiger partial charge in [-0.2, -0.15) is 16.8 Å². The van der Waals surface area contributed by atoms with Gasteiger partial charge in [-0.3, -0.25) is 9.11 Å². The summed E-state index contributed by atoms with van der Waals surface area (Å²) in [5, 5.41) is 24.6. The SMILES string of the molecule is CS(=O)(=O)O.CS(=O)(=O)O.CSOOO.CSOOO.[Cl][Sn]1([Cl])[n]2c3c4cccc(N5CCc6ccccc6C5)c4c2N=C2N=C(N=c4c5cccc(N6CCc7ccccc7C6)c5c([n]41)=NC1=NC(=N3)c3c1cccc3N1CCc3ccccc3C1)c1c2cccc1N1CCc2ccccc2C1. The average molecular weight is 1610 g/mol. The molecule has 0 aliphatic carbocycles.